The number of nitrogens with one attached hydrogen (secondary N) is 1. The van der Waals surface area contributed by atoms with Gasteiger partial charge in [-0.3, -0.25) is 0 Å². The van der Waals surface area contributed by atoms with E-state index in [0.29, 0.717) is 13.0 Å². The topological polar surface area (TPSA) is 72.2 Å². The molecule has 1 aromatic carbocycles. The lowest BCUT2D eigenvalue weighted by molar-refractivity contribution is 0.582. The van der Waals surface area contributed by atoms with Crippen LogP contribution in [0.15, 0.2) is 44.4 Å². The Hall–Kier alpha value is -0.890. The number of sulfonamides is 1. The molecule has 0 saturated heterocycles. The van der Waals surface area contributed by atoms with Crippen LogP contribution in [0, 0.1) is 0 Å². The highest BCUT2D eigenvalue weighted by molar-refractivity contribution is 9.10. The fraction of sp³-hybridized carbons (Fsp3) is 0.167. The molecule has 0 atom stereocenters. The van der Waals surface area contributed by atoms with Crippen molar-refractivity contribution in [3.63, 3.8) is 0 Å². The summed E-state index contributed by atoms with van der Waals surface area (Å²) in [6.45, 7) is 0.356. The smallest absolute Gasteiger partial charge is 0.242 e. The summed E-state index contributed by atoms with van der Waals surface area (Å²) in [4.78, 5) is 0.112. The molecule has 0 aliphatic heterocycles. The summed E-state index contributed by atoms with van der Waals surface area (Å²) in [5.41, 5.74) is 7.08. The van der Waals surface area contributed by atoms with Gasteiger partial charge in [0.1, 0.15) is 4.90 Å². The van der Waals surface area contributed by atoms with E-state index in [0.717, 1.165) is 10.0 Å². The lowest BCUT2D eigenvalue weighted by atomic mass is 10.2. The van der Waals surface area contributed by atoms with Crippen molar-refractivity contribution in [2.24, 2.45) is 0 Å². The number of hydrogen-bond acceptors (Lipinski definition) is 4. The summed E-state index contributed by atoms with van der Waals surface area (Å²) in [5, 5.41) is 3.97. The number of benzene rings is 1. The van der Waals surface area contributed by atoms with Gasteiger partial charge in [-0.05, 0) is 47.0 Å². The SMILES string of the molecule is Nc1cc(Br)ccc1S(=O)(=O)NCCc1ccsc1. The molecule has 0 spiro atoms. The molecule has 1 aromatic heterocycles. The van der Waals surface area contributed by atoms with Crippen molar-refractivity contribution >= 4 is 43.0 Å². The summed E-state index contributed by atoms with van der Waals surface area (Å²) < 4.78 is 27.5. The van der Waals surface area contributed by atoms with E-state index in [9.17, 15) is 8.42 Å². The molecule has 0 saturated carbocycles. The second kappa shape index (κ2) is 6.04. The van der Waals surface area contributed by atoms with Crippen molar-refractivity contribution in [1.29, 1.82) is 0 Å². The molecular weight excluding hydrogens is 348 g/mol. The third kappa shape index (κ3) is 3.79. The summed E-state index contributed by atoms with van der Waals surface area (Å²) >= 11 is 4.84. The quantitative estimate of drug-likeness (QED) is 0.805. The number of thiophene rings is 1. The molecule has 2 aromatic rings. The second-order valence-corrected chi connectivity index (χ2v) is 7.39. The number of halogens is 1. The fourth-order valence-corrected chi connectivity index (χ4v) is 3.83. The second-order valence-electron chi connectivity index (χ2n) is 3.96. The first kappa shape index (κ1) is 14.5. The Balaban J connectivity index is 2.05. The van der Waals surface area contributed by atoms with Crippen LogP contribution in [0.3, 0.4) is 0 Å². The van der Waals surface area contributed by atoms with E-state index in [1.165, 1.54) is 6.07 Å². The molecule has 0 amide bonds. The maximum Gasteiger partial charge on any atom is 0.242 e. The van der Waals surface area contributed by atoms with Crippen LogP contribution < -0.4 is 10.5 Å². The first-order valence-electron chi connectivity index (χ1n) is 5.55. The van der Waals surface area contributed by atoms with E-state index in [1.54, 1.807) is 23.5 Å². The van der Waals surface area contributed by atoms with Crippen LogP contribution in [-0.2, 0) is 16.4 Å². The van der Waals surface area contributed by atoms with Gasteiger partial charge in [-0.1, -0.05) is 15.9 Å². The molecule has 3 N–H and O–H groups in total. The molecule has 2 rings (SSSR count). The van der Waals surface area contributed by atoms with E-state index < -0.39 is 10.0 Å². The summed E-state index contributed by atoms with van der Waals surface area (Å²) in [5.74, 6) is 0. The van der Waals surface area contributed by atoms with E-state index in [-0.39, 0.29) is 10.6 Å². The van der Waals surface area contributed by atoms with Gasteiger partial charge in [0, 0.05) is 11.0 Å². The van der Waals surface area contributed by atoms with Gasteiger partial charge in [0.15, 0.2) is 0 Å². The zero-order valence-electron chi connectivity index (χ0n) is 9.97. The lowest BCUT2D eigenvalue weighted by Gasteiger charge is -2.09. The molecule has 19 heavy (non-hydrogen) atoms. The van der Waals surface area contributed by atoms with Gasteiger partial charge < -0.3 is 5.73 Å². The highest BCUT2D eigenvalue weighted by Gasteiger charge is 2.16. The normalized spacial score (nSPS) is 11.6. The third-order valence-electron chi connectivity index (χ3n) is 2.55. The predicted octanol–water partition coefficient (Wildman–Crippen LogP) is 2.61. The molecule has 102 valence electrons. The van der Waals surface area contributed by atoms with Gasteiger partial charge in [0.05, 0.1) is 5.69 Å². The van der Waals surface area contributed by atoms with E-state index in [4.69, 9.17) is 5.73 Å². The van der Waals surface area contributed by atoms with E-state index in [2.05, 4.69) is 20.7 Å². The minimum atomic E-state index is -3.55. The Labute approximate surface area is 124 Å². The molecule has 7 heteroatoms. The highest BCUT2D eigenvalue weighted by atomic mass is 79.9. The molecular formula is C12H13BrN2O2S2. The Morgan fingerprint density at radius 2 is 2.11 bits per heavy atom. The van der Waals surface area contributed by atoms with E-state index in [1.807, 2.05) is 16.8 Å². The van der Waals surface area contributed by atoms with Crippen molar-refractivity contribution < 1.29 is 8.42 Å². The molecule has 4 nitrogen and oxygen atoms in total. The van der Waals surface area contributed by atoms with Crippen molar-refractivity contribution in [2.45, 2.75) is 11.3 Å². The molecule has 0 unspecified atom stereocenters. The number of hydrogen-bond donors (Lipinski definition) is 2. The van der Waals surface area contributed by atoms with Gasteiger partial charge in [-0.15, -0.1) is 0 Å². The maximum atomic E-state index is 12.1. The van der Waals surface area contributed by atoms with Crippen molar-refractivity contribution in [2.75, 3.05) is 12.3 Å². The number of rotatable bonds is 5. The van der Waals surface area contributed by atoms with Crippen LogP contribution >= 0.6 is 27.3 Å². The number of nitrogens with two attached hydrogens (primary N) is 1. The van der Waals surface area contributed by atoms with Gasteiger partial charge in [-0.2, -0.15) is 11.3 Å². The Kier molecular flexibility index (Phi) is 4.62. The Morgan fingerprint density at radius 1 is 1.32 bits per heavy atom. The molecule has 0 bridgehead atoms. The number of nitrogen functional groups attached to an aromatic ring is 1. The van der Waals surface area contributed by atoms with Crippen LogP contribution in [0.4, 0.5) is 5.69 Å². The summed E-state index contributed by atoms with van der Waals surface area (Å²) in [6, 6.07) is 6.70. The zero-order valence-corrected chi connectivity index (χ0v) is 13.2. The minimum absolute atomic E-state index is 0.112. The minimum Gasteiger partial charge on any atom is -0.398 e. The molecule has 0 radical (unpaired) electrons. The monoisotopic (exact) mass is 360 g/mol. The number of anilines is 1. The summed E-state index contributed by atoms with van der Waals surface area (Å²) in [6.07, 6.45) is 0.666. The van der Waals surface area contributed by atoms with Gasteiger partial charge in [-0.25, -0.2) is 13.1 Å². The average Bonchev–Trinajstić information content (AvgIpc) is 2.81. The predicted molar refractivity (Wildman–Crippen MR) is 81.8 cm³/mol. The molecule has 0 aliphatic carbocycles. The van der Waals surface area contributed by atoms with Crippen LogP contribution in [0.25, 0.3) is 0 Å². The van der Waals surface area contributed by atoms with Crippen LogP contribution in [0.5, 0.6) is 0 Å². The highest BCUT2D eigenvalue weighted by Crippen LogP contribution is 2.22. The molecule has 0 aliphatic rings. The Morgan fingerprint density at radius 3 is 2.74 bits per heavy atom. The largest absolute Gasteiger partial charge is 0.398 e. The molecule has 1 heterocycles. The molecule has 0 fully saturated rings. The van der Waals surface area contributed by atoms with Crippen molar-refractivity contribution in [3.8, 4) is 0 Å². The Bertz CT molecular complexity index is 654. The van der Waals surface area contributed by atoms with Crippen LogP contribution in [-0.4, -0.2) is 15.0 Å². The van der Waals surface area contributed by atoms with Crippen LogP contribution in [0.2, 0.25) is 0 Å². The average molecular weight is 361 g/mol. The van der Waals surface area contributed by atoms with E-state index >= 15 is 0 Å². The zero-order chi connectivity index (χ0) is 13.9. The lowest BCUT2D eigenvalue weighted by Crippen LogP contribution is -2.26. The van der Waals surface area contributed by atoms with Gasteiger partial charge >= 0.3 is 0 Å². The first-order chi connectivity index (χ1) is 8.99. The first-order valence-corrected chi connectivity index (χ1v) is 8.77. The standard InChI is InChI=1S/C12H13BrN2O2S2/c13-10-1-2-12(11(14)7-10)19(16,17)15-5-3-9-4-6-18-8-9/h1-2,4,6-8,15H,3,5,14H2. The van der Waals surface area contributed by atoms with Gasteiger partial charge in [0.2, 0.25) is 10.0 Å². The van der Waals surface area contributed by atoms with Gasteiger partial charge in [0.25, 0.3) is 0 Å². The maximum absolute atomic E-state index is 12.1. The van der Waals surface area contributed by atoms with Crippen LogP contribution in [0.1, 0.15) is 5.56 Å². The summed E-state index contributed by atoms with van der Waals surface area (Å²) in [7, 11) is -3.55. The fourth-order valence-electron chi connectivity index (χ4n) is 1.61. The van der Waals surface area contributed by atoms with Crippen molar-refractivity contribution in [1.82, 2.24) is 4.72 Å². The van der Waals surface area contributed by atoms with Crippen molar-refractivity contribution in [3.05, 3.63) is 45.1 Å². The third-order valence-corrected chi connectivity index (χ3v) is 5.31.